The summed E-state index contributed by atoms with van der Waals surface area (Å²) in [6.45, 7) is 3.46. The van der Waals surface area contributed by atoms with Crippen molar-refractivity contribution >= 4 is 11.6 Å². The molecule has 1 N–H and O–H groups in total. The summed E-state index contributed by atoms with van der Waals surface area (Å²) >= 11 is 5.73. The lowest BCUT2D eigenvalue weighted by atomic mass is 10.1. The maximum absolute atomic E-state index is 12.5. The molecular formula is C10H10ClFO. The lowest BCUT2D eigenvalue weighted by Crippen LogP contribution is -2.09. The molecule has 0 radical (unpaired) electrons. The van der Waals surface area contributed by atoms with Gasteiger partial charge in [-0.15, -0.1) is 18.2 Å². The molecular weight excluding hydrogens is 191 g/mol. The first-order chi connectivity index (χ1) is 6.15. The Labute approximate surface area is 81.5 Å². The fraction of sp³-hybridized carbons (Fsp3) is 0.200. The van der Waals surface area contributed by atoms with E-state index in [0.29, 0.717) is 5.56 Å². The zero-order chi connectivity index (χ0) is 9.84. The Bertz CT molecular complexity index is 283. The molecule has 1 rings (SSSR count). The number of benzene rings is 1. The minimum absolute atomic E-state index is 0.333. The fourth-order valence-corrected chi connectivity index (χ4v) is 1.12. The molecule has 0 unspecified atom stereocenters. The van der Waals surface area contributed by atoms with E-state index in [1.807, 2.05) is 0 Å². The van der Waals surface area contributed by atoms with E-state index < -0.39 is 11.5 Å². The van der Waals surface area contributed by atoms with Crippen molar-refractivity contribution in [2.75, 3.05) is 0 Å². The molecule has 2 atom stereocenters. The second kappa shape index (κ2) is 4.40. The zero-order valence-corrected chi connectivity index (χ0v) is 7.71. The van der Waals surface area contributed by atoms with E-state index in [0.717, 1.165) is 0 Å². The maximum Gasteiger partial charge on any atom is 0.123 e. The molecule has 3 heteroatoms. The van der Waals surface area contributed by atoms with Gasteiger partial charge in [0.25, 0.3) is 0 Å². The highest BCUT2D eigenvalue weighted by atomic mass is 35.5. The van der Waals surface area contributed by atoms with Crippen LogP contribution in [0.15, 0.2) is 36.9 Å². The van der Waals surface area contributed by atoms with Gasteiger partial charge in [0.2, 0.25) is 0 Å². The first-order valence-corrected chi connectivity index (χ1v) is 4.29. The van der Waals surface area contributed by atoms with Crippen molar-refractivity contribution < 1.29 is 9.50 Å². The Morgan fingerprint density at radius 2 is 1.92 bits per heavy atom. The fourth-order valence-electron chi connectivity index (χ4n) is 0.973. The van der Waals surface area contributed by atoms with Crippen molar-refractivity contribution in [3.05, 3.63) is 48.3 Å². The molecule has 0 heterocycles. The maximum atomic E-state index is 12.5. The van der Waals surface area contributed by atoms with Gasteiger partial charge >= 0.3 is 0 Å². The summed E-state index contributed by atoms with van der Waals surface area (Å²) in [6, 6.07) is 5.56. The van der Waals surface area contributed by atoms with Crippen LogP contribution in [0.1, 0.15) is 11.7 Å². The summed E-state index contributed by atoms with van der Waals surface area (Å²) in [5.74, 6) is -0.333. The van der Waals surface area contributed by atoms with Gasteiger partial charge in [0, 0.05) is 0 Å². The first-order valence-electron chi connectivity index (χ1n) is 3.85. The minimum atomic E-state index is -0.834. The van der Waals surface area contributed by atoms with Gasteiger partial charge in [-0.3, -0.25) is 0 Å². The Morgan fingerprint density at radius 1 is 1.38 bits per heavy atom. The summed E-state index contributed by atoms with van der Waals surface area (Å²) in [6.07, 6.45) is 0.607. The molecule has 1 aromatic carbocycles. The minimum Gasteiger partial charge on any atom is -0.387 e. The summed E-state index contributed by atoms with van der Waals surface area (Å²) in [7, 11) is 0. The van der Waals surface area contributed by atoms with Gasteiger partial charge in [-0.2, -0.15) is 0 Å². The molecule has 0 aromatic heterocycles. The number of rotatable bonds is 3. The standard InChI is InChI=1S/C10H10ClFO/c1-2-9(11)10(13)7-3-5-8(12)6-4-7/h2-6,9-10,13H,1H2/t9-,10+/m1/s1. The normalized spacial score (nSPS) is 15.0. The summed E-state index contributed by atoms with van der Waals surface area (Å²) in [4.78, 5) is 0. The number of hydrogen-bond donors (Lipinski definition) is 1. The predicted molar refractivity (Wildman–Crippen MR) is 51.2 cm³/mol. The zero-order valence-electron chi connectivity index (χ0n) is 6.95. The number of halogens is 2. The van der Waals surface area contributed by atoms with Crippen LogP contribution in [-0.4, -0.2) is 10.5 Å². The van der Waals surface area contributed by atoms with Gasteiger partial charge in [0.15, 0.2) is 0 Å². The molecule has 0 spiro atoms. The van der Waals surface area contributed by atoms with Crippen molar-refractivity contribution in [1.82, 2.24) is 0 Å². The van der Waals surface area contributed by atoms with E-state index in [-0.39, 0.29) is 5.82 Å². The Kier molecular flexibility index (Phi) is 3.46. The molecule has 1 nitrogen and oxygen atoms in total. The van der Waals surface area contributed by atoms with Crippen molar-refractivity contribution in [2.45, 2.75) is 11.5 Å². The van der Waals surface area contributed by atoms with E-state index in [4.69, 9.17) is 11.6 Å². The Morgan fingerprint density at radius 3 is 2.38 bits per heavy atom. The Hall–Kier alpha value is -0.860. The third-order valence-electron chi connectivity index (χ3n) is 1.74. The first kappa shape index (κ1) is 10.2. The van der Waals surface area contributed by atoms with Gasteiger partial charge < -0.3 is 5.11 Å². The van der Waals surface area contributed by atoms with Crippen molar-refractivity contribution in [3.8, 4) is 0 Å². The second-order valence-corrected chi connectivity index (χ2v) is 3.18. The van der Waals surface area contributed by atoms with Crippen LogP contribution < -0.4 is 0 Å². The van der Waals surface area contributed by atoms with Crippen molar-refractivity contribution in [1.29, 1.82) is 0 Å². The highest BCUT2D eigenvalue weighted by Gasteiger charge is 2.14. The van der Waals surface area contributed by atoms with Crippen LogP contribution in [0.4, 0.5) is 4.39 Å². The molecule has 0 aliphatic rings. The summed E-state index contributed by atoms with van der Waals surface area (Å²) < 4.78 is 12.5. The molecule has 0 aliphatic heterocycles. The number of aliphatic hydroxyl groups is 1. The summed E-state index contributed by atoms with van der Waals surface area (Å²) in [5.41, 5.74) is 0.585. The van der Waals surface area contributed by atoms with Crippen LogP contribution in [-0.2, 0) is 0 Å². The van der Waals surface area contributed by atoms with Crippen LogP contribution in [0, 0.1) is 5.82 Å². The third kappa shape index (κ3) is 2.54. The van der Waals surface area contributed by atoms with Crippen LogP contribution in [0.25, 0.3) is 0 Å². The van der Waals surface area contributed by atoms with Crippen LogP contribution >= 0.6 is 11.6 Å². The summed E-state index contributed by atoms with van der Waals surface area (Å²) in [5, 5.41) is 9.00. The molecule has 0 bridgehead atoms. The monoisotopic (exact) mass is 200 g/mol. The third-order valence-corrected chi connectivity index (χ3v) is 2.16. The largest absolute Gasteiger partial charge is 0.387 e. The van der Waals surface area contributed by atoms with E-state index >= 15 is 0 Å². The van der Waals surface area contributed by atoms with Gasteiger partial charge in [-0.1, -0.05) is 18.2 Å². The van der Waals surface area contributed by atoms with Gasteiger partial charge in [-0.05, 0) is 17.7 Å². The number of hydrogen-bond acceptors (Lipinski definition) is 1. The average molecular weight is 201 g/mol. The molecule has 0 saturated carbocycles. The lowest BCUT2D eigenvalue weighted by molar-refractivity contribution is 0.185. The van der Waals surface area contributed by atoms with Crippen LogP contribution in [0.2, 0.25) is 0 Å². The van der Waals surface area contributed by atoms with Crippen molar-refractivity contribution in [3.63, 3.8) is 0 Å². The predicted octanol–water partition coefficient (Wildman–Crippen LogP) is 2.65. The van der Waals surface area contributed by atoms with Crippen LogP contribution in [0.5, 0.6) is 0 Å². The van der Waals surface area contributed by atoms with E-state index in [9.17, 15) is 9.50 Å². The molecule has 1 aromatic rings. The lowest BCUT2D eigenvalue weighted by Gasteiger charge is -2.13. The molecule has 0 aliphatic carbocycles. The highest BCUT2D eigenvalue weighted by molar-refractivity contribution is 6.22. The smallest absolute Gasteiger partial charge is 0.123 e. The topological polar surface area (TPSA) is 20.2 Å². The molecule has 0 fully saturated rings. The van der Waals surface area contributed by atoms with Crippen molar-refractivity contribution in [2.24, 2.45) is 0 Å². The number of aliphatic hydroxyl groups excluding tert-OH is 1. The molecule has 13 heavy (non-hydrogen) atoms. The van der Waals surface area contributed by atoms with E-state index in [2.05, 4.69) is 6.58 Å². The van der Waals surface area contributed by atoms with E-state index in [1.165, 1.54) is 30.3 Å². The Balaban J connectivity index is 2.82. The SMILES string of the molecule is C=C[C@@H](Cl)[C@@H](O)c1ccc(F)cc1. The highest BCUT2D eigenvalue weighted by Crippen LogP contribution is 2.21. The average Bonchev–Trinajstić information content (AvgIpc) is 2.17. The molecule has 0 amide bonds. The second-order valence-electron chi connectivity index (χ2n) is 2.68. The number of alkyl halides is 1. The van der Waals surface area contributed by atoms with E-state index in [1.54, 1.807) is 0 Å². The van der Waals surface area contributed by atoms with Crippen LogP contribution in [0.3, 0.4) is 0 Å². The van der Waals surface area contributed by atoms with Gasteiger partial charge in [-0.25, -0.2) is 4.39 Å². The van der Waals surface area contributed by atoms with Gasteiger partial charge in [0.05, 0.1) is 11.5 Å². The quantitative estimate of drug-likeness (QED) is 0.588. The van der Waals surface area contributed by atoms with Gasteiger partial charge in [0.1, 0.15) is 5.82 Å². The molecule has 70 valence electrons. The molecule has 0 saturated heterocycles.